The van der Waals surface area contributed by atoms with E-state index >= 15 is 0 Å². The summed E-state index contributed by atoms with van der Waals surface area (Å²) < 4.78 is 46.8. The molecule has 0 aliphatic rings. The van der Waals surface area contributed by atoms with Gasteiger partial charge in [-0.25, -0.2) is 0 Å². The molecule has 0 aliphatic carbocycles. The van der Waals surface area contributed by atoms with Crippen molar-refractivity contribution in [2.75, 3.05) is 7.11 Å². The van der Waals surface area contributed by atoms with Gasteiger partial charge in [0, 0.05) is 29.7 Å². The monoisotopic (exact) mass is 529 g/mol. The van der Waals surface area contributed by atoms with Crippen LogP contribution < -0.4 is 9.30 Å². The largest absolute Gasteiger partial charge is 0.673 e. The number of methoxy groups -OCH3 is 1. The SMILES string of the molecule is COc1ccc(CC[n+]2c(-c3ccccc3)cc(-c3ccccc3)cc2-c2ccccc2)cc1.F[B-](F)(F)F. The molecule has 0 aliphatic heterocycles. The van der Waals surface area contributed by atoms with Gasteiger partial charge in [0.2, 0.25) is 11.4 Å². The minimum atomic E-state index is -6.00. The minimum absolute atomic E-state index is 0.871. The predicted octanol–water partition coefficient (Wildman–Crippen LogP) is 8.53. The van der Waals surface area contributed by atoms with E-state index in [2.05, 4.69) is 120 Å². The maximum atomic E-state index is 9.75. The first-order valence-electron chi connectivity index (χ1n) is 12.6. The fraction of sp³-hybridized carbons (Fsp3) is 0.0938. The van der Waals surface area contributed by atoms with Crippen molar-refractivity contribution in [2.45, 2.75) is 13.0 Å². The van der Waals surface area contributed by atoms with E-state index < -0.39 is 7.25 Å². The summed E-state index contributed by atoms with van der Waals surface area (Å²) in [4.78, 5) is 0. The van der Waals surface area contributed by atoms with Gasteiger partial charge >= 0.3 is 7.25 Å². The van der Waals surface area contributed by atoms with Crippen LogP contribution in [0.1, 0.15) is 5.56 Å². The fourth-order valence-electron chi connectivity index (χ4n) is 4.39. The van der Waals surface area contributed by atoms with Crippen molar-refractivity contribution >= 4 is 7.25 Å². The molecule has 0 N–H and O–H groups in total. The van der Waals surface area contributed by atoms with Crippen LogP contribution in [0.15, 0.2) is 127 Å². The van der Waals surface area contributed by atoms with Crippen molar-refractivity contribution in [3.63, 3.8) is 0 Å². The molecule has 2 nitrogen and oxygen atoms in total. The summed E-state index contributed by atoms with van der Waals surface area (Å²) in [6.45, 7) is 0.871. The molecule has 0 fully saturated rings. The lowest BCUT2D eigenvalue weighted by atomic mass is 9.98. The Morgan fingerprint density at radius 1 is 0.564 bits per heavy atom. The first-order chi connectivity index (χ1) is 18.8. The summed E-state index contributed by atoms with van der Waals surface area (Å²) in [6.07, 6.45) is 0.930. The summed E-state index contributed by atoms with van der Waals surface area (Å²) in [6, 6.07) is 45.0. The van der Waals surface area contributed by atoms with Gasteiger partial charge in [0.25, 0.3) is 0 Å². The second kappa shape index (κ2) is 12.9. The maximum Gasteiger partial charge on any atom is 0.673 e. The van der Waals surface area contributed by atoms with Crippen molar-refractivity contribution in [3.8, 4) is 39.4 Å². The molecular weight excluding hydrogens is 501 g/mol. The minimum Gasteiger partial charge on any atom is -0.497 e. The molecule has 0 bridgehead atoms. The van der Waals surface area contributed by atoms with Crippen molar-refractivity contribution in [3.05, 3.63) is 133 Å². The molecule has 7 heteroatoms. The number of pyridine rings is 1. The number of aromatic nitrogens is 1. The van der Waals surface area contributed by atoms with E-state index in [1.165, 1.54) is 39.2 Å². The molecule has 1 heterocycles. The van der Waals surface area contributed by atoms with Gasteiger partial charge in [0.05, 0.1) is 7.11 Å². The lowest BCUT2D eigenvalue weighted by molar-refractivity contribution is -0.674. The maximum absolute atomic E-state index is 9.75. The van der Waals surface area contributed by atoms with Crippen LogP contribution in [0, 0.1) is 0 Å². The van der Waals surface area contributed by atoms with Crippen LogP contribution >= 0.6 is 0 Å². The van der Waals surface area contributed by atoms with E-state index in [0.717, 1.165) is 18.7 Å². The van der Waals surface area contributed by atoms with Gasteiger partial charge in [0.1, 0.15) is 5.75 Å². The molecule has 0 amide bonds. The molecule has 1 aromatic heterocycles. The third-order valence-electron chi connectivity index (χ3n) is 6.20. The molecule has 5 rings (SSSR count). The lowest BCUT2D eigenvalue weighted by Crippen LogP contribution is -2.40. The van der Waals surface area contributed by atoms with Crippen molar-refractivity contribution in [1.82, 2.24) is 0 Å². The summed E-state index contributed by atoms with van der Waals surface area (Å²) in [5.41, 5.74) is 8.60. The van der Waals surface area contributed by atoms with Crippen LogP contribution in [-0.4, -0.2) is 14.4 Å². The predicted molar refractivity (Wildman–Crippen MR) is 150 cm³/mol. The van der Waals surface area contributed by atoms with E-state index in [0.29, 0.717) is 0 Å². The highest BCUT2D eigenvalue weighted by molar-refractivity contribution is 6.50. The Balaban J connectivity index is 0.000000648. The molecule has 0 radical (unpaired) electrons. The van der Waals surface area contributed by atoms with Crippen molar-refractivity contribution < 1.29 is 26.6 Å². The second-order valence-electron chi connectivity index (χ2n) is 8.86. The molecule has 39 heavy (non-hydrogen) atoms. The first-order valence-corrected chi connectivity index (χ1v) is 12.6. The molecule has 5 aromatic rings. The smallest absolute Gasteiger partial charge is 0.497 e. The number of benzene rings is 4. The van der Waals surface area contributed by atoms with Crippen molar-refractivity contribution in [1.29, 1.82) is 0 Å². The Bertz CT molecular complexity index is 1390. The van der Waals surface area contributed by atoms with Gasteiger partial charge in [-0.2, -0.15) is 4.57 Å². The van der Waals surface area contributed by atoms with Crippen LogP contribution in [0.25, 0.3) is 33.6 Å². The van der Waals surface area contributed by atoms with E-state index in [1.54, 1.807) is 7.11 Å². The molecule has 198 valence electrons. The zero-order chi connectivity index (χ0) is 27.7. The zero-order valence-electron chi connectivity index (χ0n) is 21.5. The Morgan fingerprint density at radius 2 is 0.974 bits per heavy atom. The molecule has 0 atom stereocenters. The van der Waals surface area contributed by atoms with E-state index in [4.69, 9.17) is 4.74 Å². The zero-order valence-corrected chi connectivity index (χ0v) is 21.5. The van der Waals surface area contributed by atoms with Crippen molar-refractivity contribution in [2.24, 2.45) is 0 Å². The number of ether oxygens (including phenoxy) is 1. The van der Waals surface area contributed by atoms with E-state index in [1.807, 2.05) is 12.1 Å². The fourth-order valence-corrected chi connectivity index (χ4v) is 4.39. The Morgan fingerprint density at radius 3 is 1.38 bits per heavy atom. The molecule has 0 saturated heterocycles. The van der Waals surface area contributed by atoms with E-state index in [-0.39, 0.29) is 0 Å². The Labute approximate surface area is 226 Å². The Kier molecular flexibility index (Phi) is 9.16. The standard InChI is InChI=1S/C32H28NO.BF4/c1-34-30-19-17-25(18-20-30)21-22-33-31(27-13-7-3-8-14-27)23-29(26-11-5-2-6-12-26)24-32(33)28-15-9-4-10-16-28;2-1(3,4)5/h2-20,23-24H,21-22H2,1H3;/q+1;-1. The first kappa shape index (κ1) is 27.6. The van der Waals surface area contributed by atoms with Crippen LogP contribution in [0.2, 0.25) is 0 Å². The number of hydrogen-bond acceptors (Lipinski definition) is 1. The summed E-state index contributed by atoms with van der Waals surface area (Å²) in [5, 5.41) is 0. The van der Waals surface area contributed by atoms with Gasteiger partial charge in [0.15, 0.2) is 6.54 Å². The van der Waals surface area contributed by atoms with Crippen LogP contribution in [0.4, 0.5) is 17.3 Å². The summed E-state index contributed by atoms with van der Waals surface area (Å²) in [7, 11) is -4.29. The average Bonchev–Trinajstić information content (AvgIpc) is 2.96. The second-order valence-corrected chi connectivity index (χ2v) is 8.86. The Hall–Kier alpha value is -4.39. The molecule has 4 aromatic carbocycles. The molecule has 0 saturated carbocycles. The highest BCUT2D eigenvalue weighted by atomic mass is 19.5. The topological polar surface area (TPSA) is 13.1 Å². The normalized spacial score (nSPS) is 10.9. The number of hydrogen-bond donors (Lipinski definition) is 0. The van der Waals surface area contributed by atoms with Gasteiger partial charge in [-0.1, -0.05) is 78.9 Å². The highest BCUT2D eigenvalue weighted by Crippen LogP contribution is 2.29. The third-order valence-corrected chi connectivity index (χ3v) is 6.20. The van der Waals surface area contributed by atoms with Gasteiger partial charge in [-0.3, -0.25) is 0 Å². The highest BCUT2D eigenvalue weighted by Gasteiger charge is 2.23. The van der Waals surface area contributed by atoms with E-state index in [9.17, 15) is 17.3 Å². The molecule has 0 spiro atoms. The van der Waals surface area contributed by atoms with Gasteiger partial charge in [-0.05, 0) is 53.1 Å². The van der Waals surface area contributed by atoms with Gasteiger partial charge < -0.3 is 22.0 Å². The summed E-state index contributed by atoms with van der Waals surface area (Å²) >= 11 is 0. The molecular formula is C32H28BF4NO. The van der Waals surface area contributed by atoms with Crippen LogP contribution in [-0.2, 0) is 13.0 Å². The number of aryl methyl sites for hydroxylation is 1. The average molecular weight is 529 g/mol. The summed E-state index contributed by atoms with van der Waals surface area (Å²) in [5.74, 6) is 0.888. The number of rotatable bonds is 7. The van der Waals surface area contributed by atoms with Crippen LogP contribution in [0.5, 0.6) is 5.75 Å². The van der Waals surface area contributed by atoms with Gasteiger partial charge in [-0.15, -0.1) is 0 Å². The number of halogens is 4. The van der Waals surface area contributed by atoms with Crippen LogP contribution in [0.3, 0.4) is 0 Å². The lowest BCUT2D eigenvalue weighted by Gasteiger charge is -2.13. The molecule has 0 unspecified atom stereocenters. The number of nitrogens with zero attached hydrogens (tertiary/aromatic N) is 1. The quantitative estimate of drug-likeness (QED) is 0.117. The third kappa shape index (κ3) is 8.05.